The van der Waals surface area contributed by atoms with Gasteiger partial charge in [-0.2, -0.15) is 0 Å². The second-order valence-electron chi connectivity index (χ2n) is 13.2. The average Bonchev–Trinajstić information content (AvgIpc) is 3.55. The average molecular weight is 587 g/mol. The van der Waals surface area contributed by atoms with Crippen LogP contribution in [0.25, 0.3) is 0 Å². The Labute approximate surface area is 249 Å². The van der Waals surface area contributed by atoms with Crippen molar-refractivity contribution >= 4 is 11.8 Å². The Kier molecular flexibility index (Phi) is 5.28. The Morgan fingerprint density at radius 3 is 2.30 bits per heavy atom. The van der Waals surface area contributed by atoms with Crippen LogP contribution in [0.3, 0.4) is 0 Å². The van der Waals surface area contributed by atoms with Gasteiger partial charge in [-0.15, -0.1) is 0 Å². The number of fused-ring (bicyclic) bond motifs is 3. The summed E-state index contributed by atoms with van der Waals surface area (Å²) >= 11 is 0. The van der Waals surface area contributed by atoms with Gasteiger partial charge >= 0.3 is 11.9 Å². The third kappa shape index (κ3) is 2.98. The number of aliphatic hydroxyl groups is 2. The van der Waals surface area contributed by atoms with Crippen molar-refractivity contribution in [2.24, 2.45) is 17.8 Å². The number of ether oxygens (including phenoxy) is 5. The molecule has 3 aliphatic carbocycles. The Hall–Kier alpha value is -3.18. The number of carbonyl (C=O) groups excluding carboxylic acids is 2. The maximum atomic E-state index is 13.8. The number of hydrogen-bond acceptors (Lipinski definition) is 9. The molecule has 2 aromatic carbocycles. The molecule has 5 fully saturated rings. The third-order valence-electron chi connectivity index (χ3n) is 11.1. The molecule has 3 saturated heterocycles. The monoisotopic (exact) mass is 586 g/mol. The summed E-state index contributed by atoms with van der Waals surface area (Å²) in [6.07, 6.45) is -2.37. The van der Waals surface area contributed by atoms with E-state index in [1.54, 1.807) is 44.2 Å². The number of esters is 1. The summed E-state index contributed by atoms with van der Waals surface area (Å²) in [5.41, 5.74) is -4.59. The van der Waals surface area contributed by atoms with Gasteiger partial charge < -0.3 is 33.9 Å². The molecule has 2 saturated carbocycles. The molecule has 0 radical (unpaired) electrons. The molecule has 9 heteroatoms. The zero-order chi connectivity index (χ0) is 30.3. The van der Waals surface area contributed by atoms with E-state index < -0.39 is 82.3 Å². The molecule has 3 bridgehead atoms. The lowest BCUT2D eigenvalue weighted by Gasteiger charge is -2.61. The van der Waals surface area contributed by atoms with Gasteiger partial charge in [-0.05, 0) is 44.1 Å². The third-order valence-corrected chi connectivity index (χ3v) is 11.1. The van der Waals surface area contributed by atoms with Crippen LogP contribution in [0.2, 0.25) is 0 Å². The fraction of sp³-hybridized carbons (Fsp3) is 0.471. The lowest BCUT2D eigenvalue weighted by Crippen LogP contribution is -2.76. The molecular formula is C34H34O9. The molecule has 12 atom stereocenters. The van der Waals surface area contributed by atoms with Crippen molar-refractivity contribution in [2.75, 3.05) is 0 Å². The Morgan fingerprint density at radius 1 is 1.00 bits per heavy atom. The highest BCUT2D eigenvalue weighted by atomic mass is 16.9. The number of aliphatic hydroxyl groups excluding tert-OH is 1. The van der Waals surface area contributed by atoms with Crippen LogP contribution in [-0.2, 0) is 34.5 Å². The number of rotatable bonds is 4. The van der Waals surface area contributed by atoms with Gasteiger partial charge in [0.05, 0.1) is 17.3 Å². The molecule has 2 aromatic rings. The summed E-state index contributed by atoms with van der Waals surface area (Å²) in [7, 11) is 0. The van der Waals surface area contributed by atoms with Gasteiger partial charge in [-0.1, -0.05) is 68.1 Å². The number of benzene rings is 2. The van der Waals surface area contributed by atoms with E-state index in [0.29, 0.717) is 22.3 Å². The van der Waals surface area contributed by atoms with E-state index in [2.05, 4.69) is 6.58 Å². The van der Waals surface area contributed by atoms with Gasteiger partial charge in [0.1, 0.15) is 23.9 Å². The van der Waals surface area contributed by atoms with Gasteiger partial charge in [0.2, 0.25) is 0 Å². The minimum atomic E-state index is -2.26. The molecule has 2 N–H and O–H groups in total. The van der Waals surface area contributed by atoms with Gasteiger partial charge in [0.25, 0.3) is 0 Å². The second-order valence-corrected chi connectivity index (χ2v) is 13.2. The highest BCUT2D eigenvalue weighted by molar-refractivity contribution is 6.05. The van der Waals surface area contributed by atoms with E-state index >= 15 is 0 Å². The van der Waals surface area contributed by atoms with Crippen molar-refractivity contribution in [3.05, 3.63) is 95.6 Å². The second kappa shape index (κ2) is 8.29. The van der Waals surface area contributed by atoms with Crippen LogP contribution in [0.5, 0.6) is 0 Å². The van der Waals surface area contributed by atoms with E-state index in [0.717, 1.165) is 0 Å². The largest absolute Gasteiger partial charge is 0.455 e. The molecule has 43 heavy (non-hydrogen) atoms. The Balaban J connectivity index is 1.40. The van der Waals surface area contributed by atoms with E-state index in [1.807, 2.05) is 50.2 Å². The first-order valence-electron chi connectivity index (χ1n) is 14.7. The standard InChI is InChI=1S/C34H34O9/c1-17(2)32-25(39-28(36)20-12-8-6-9-13-20)19(4)33-22-16-18(3)24(35)31(22,38)29(37)30(5)26(40-30)23(33)27(32)41-34(42-32,43-33)21-14-10-7-11-15-21/h6-16,19,22-23,25-27,29,37-38H,1H2,2-5H3/t19-,22-,23+,25+,26+,27-,29-,30+,31-,32+,33+,34?/m1/s1. The van der Waals surface area contributed by atoms with Crippen LogP contribution in [0.1, 0.15) is 43.6 Å². The summed E-state index contributed by atoms with van der Waals surface area (Å²) < 4.78 is 33.6. The summed E-state index contributed by atoms with van der Waals surface area (Å²) in [5, 5.41) is 24.1. The molecule has 8 rings (SSSR count). The lowest BCUT2D eigenvalue weighted by atomic mass is 9.53. The first kappa shape index (κ1) is 27.4. The van der Waals surface area contributed by atoms with Gasteiger partial charge in [0.15, 0.2) is 17.0 Å². The first-order valence-corrected chi connectivity index (χ1v) is 14.7. The van der Waals surface area contributed by atoms with Gasteiger partial charge in [0, 0.05) is 23.3 Å². The minimum absolute atomic E-state index is 0.307. The molecular weight excluding hydrogens is 552 g/mol. The predicted octanol–water partition coefficient (Wildman–Crippen LogP) is 3.20. The minimum Gasteiger partial charge on any atom is -0.455 e. The first-order chi connectivity index (χ1) is 20.4. The maximum Gasteiger partial charge on any atom is 0.338 e. The van der Waals surface area contributed by atoms with Crippen molar-refractivity contribution < 1.29 is 43.5 Å². The quantitative estimate of drug-likeness (QED) is 0.316. The zero-order valence-corrected chi connectivity index (χ0v) is 24.4. The van der Waals surface area contributed by atoms with Crippen LogP contribution in [0.15, 0.2) is 84.5 Å². The van der Waals surface area contributed by atoms with E-state index in [4.69, 9.17) is 23.7 Å². The van der Waals surface area contributed by atoms with Crippen LogP contribution in [0.4, 0.5) is 0 Å². The topological polar surface area (TPSA) is 124 Å². The summed E-state index contributed by atoms with van der Waals surface area (Å²) in [6, 6.07) is 17.8. The predicted molar refractivity (Wildman–Crippen MR) is 150 cm³/mol. The highest BCUT2D eigenvalue weighted by Gasteiger charge is 2.90. The molecule has 3 aliphatic heterocycles. The van der Waals surface area contributed by atoms with Crippen molar-refractivity contribution in [1.29, 1.82) is 0 Å². The smallest absolute Gasteiger partial charge is 0.338 e. The Morgan fingerprint density at radius 2 is 1.65 bits per heavy atom. The van der Waals surface area contributed by atoms with Gasteiger partial charge in [-0.25, -0.2) is 4.79 Å². The number of carbonyl (C=O) groups is 2. The van der Waals surface area contributed by atoms with E-state index in [9.17, 15) is 19.8 Å². The molecule has 0 aromatic heterocycles. The van der Waals surface area contributed by atoms with Crippen LogP contribution in [0, 0.1) is 17.8 Å². The zero-order valence-electron chi connectivity index (χ0n) is 24.4. The molecule has 9 nitrogen and oxygen atoms in total. The van der Waals surface area contributed by atoms with Crippen molar-refractivity contribution in [1.82, 2.24) is 0 Å². The number of epoxide rings is 1. The van der Waals surface area contributed by atoms with Crippen molar-refractivity contribution in [2.45, 2.75) is 80.5 Å². The van der Waals surface area contributed by atoms with E-state index in [-0.39, 0.29) is 0 Å². The highest BCUT2D eigenvalue weighted by Crippen LogP contribution is 2.74. The maximum absolute atomic E-state index is 13.8. The van der Waals surface area contributed by atoms with E-state index in [1.165, 1.54) is 0 Å². The fourth-order valence-electron chi connectivity index (χ4n) is 9.01. The molecule has 3 heterocycles. The van der Waals surface area contributed by atoms with Crippen molar-refractivity contribution in [3.63, 3.8) is 0 Å². The lowest BCUT2D eigenvalue weighted by molar-refractivity contribution is -0.440. The summed E-state index contributed by atoms with van der Waals surface area (Å²) in [5.74, 6) is -5.32. The molecule has 0 spiro atoms. The SMILES string of the molecule is C=C(C)[C@@]12OC3(c4ccccc4)O[C@@H]1[C@@H]1[C@@H]4O[C@]4(C)[C@@H](O)[C@]4(O)C(=O)C(C)=C[C@H]4[C@@]1(O3)[C@H](C)[C@@H]2OC(=O)c1ccccc1. The Bertz CT molecular complexity index is 1610. The molecule has 1 unspecified atom stereocenters. The molecule has 6 aliphatic rings. The van der Waals surface area contributed by atoms with Crippen LogP contribution < -0.4 is 0 Å². The molecule has 0 amide bonds. The normalized spacial score (nSPS) is 48.5. The molecule has 224 valence electrons. The number of ketones is 1. The summed E-state index contributed by atoms with van der Waals surface area (Å²) in [6.45, 7) is 11.3. The number of Topliss-reactive ketones (excluding diaryl/α,β-unsaturated/α-hetero) is 1. The van der Waals surface area contributed by atoms with Gasteiger partial charge in [-0.3, -0.25) is 4.79 Å². The van der Waals surface area contributed by atoms with Crippen LogP contribution in [-0.4, -0.2) is 68.8 Å². The van der Waals surface area contributed by atoms with Crippen molar-refractivity contribution in [3.8, 4) is 0 Å². The number of hydrogen-bond donors (Lipinski definition) is 2. The summed E-state index contributed by atoms with van der Waals surface area (Å²) in [4.78, 5) is 27.5. The van der Waals surface area contributed by atoms with Crippen LogP contribution >= 0.6 is 0 Å². The fourth-order valence-corrected chi connectivity index (χ4v) is 9.01.